The average molecular weight is 350 g/mol. The van der Waals surface area contributed by atoms with Crippen molar-refractivity contribution in [3.63, 3.8) is 0 Å². The smallest absolute Gasteiger partial charge is 0.184 e. The van der Waals surface area contributed by atoms with Gasteiger partial charge in [0, 0.05) is 21.6 Å². The first-order chi connectivity index (χ1) is 9.56. The highest BCUT2D eigenvalue weighted by molar-refractivity contribution is 9.10. The van der Waals surface area contributed by atoms with Gasteiger partial charge in [-0.1, -0.05) is 46.3 Å². The van der Waals surface area contributed by atoms with Gasteiger partial charge in [0.25, 0.3) is 0 Å². The number of hydrogen-bond acceptors (Lipinski definition) is 2. The molecule has 0 saturated carbocycles. The molecule has 0 saturated heterocycles. The molecule has 0 atom stereocenters. The molecule has 3 rings (SSSR count). The Labute approximate surface area is 125 Å². The van der Waals surface area contributed by atoms with Gasteiger partial charge in [-0.15, -0.1) is 0 Å². The van der Waals surface area contributed by atoms with Crippen LogP contribution in [-0.2, 0) is 15.6 Å². The summed E-state index contributed by atoms with van der Waals surface area (Å²) in [5.74, 6) is 0.00211. The second kappa shape index (κ2) is 5.07. The first-order valence-corrected chi connectivity index (χ1v) is 8.54. The quantitative estimate of drug-likeness (QED) is 0.779. The van der Waals surface area contributed by atoms with Crippen molar-refractivity contribution in [2.45, 2.75) is 10.6 Å². The SMILES string of the molecule is O=S(=O)(Cc1ccc(Br)cc1)c1c[nH]c2ccccc12. The molecule has 0 spiro atoms. The van der Waals surface area contributed by atoms with E-state index in [0.29, 0.717) is 4.90 Å². The van der Waals surface area contributed by atoms with Gasteiger partial charge in [0.2, 0.25) is 0 Å². The van der Waals surface area contributed by atoms with Crippen molar-refractivity contribution in [1.29, 1.82) is 0 Å². The number of para-hydroxylation sites is 1. The van der Waals surface area contributed by atoms with Crippen LogP contribution in [0.3, 0.4) is 0 Å². The molecular formula is C15H12BrNO2S. The van der Waals surface area contributed by atoms with E-state index in [1.54, 1.807) is 6.20 Å². The number of aromatic amines is 1. The summed E-state index contributed by atoms with van der Waals surface area (Å²) in [6, 6.07) is 14.7. The Morgan fingerprint density at radius 2 is 1.70 bits per heavy atom. The molecule has 20 heavy (non-hydrogen) atoms. The second-order valence-corrected chi connectivity index (χ2v) is 7.46. The van der Waals surface area contributed by atoms with E-state index in [4.69, 9.17) is 0 Å². The van der Waals surface area contributed by atoms with Gasteiger partial charge in [-0.25, -0.2) is 8.42 Å². The Balaban J connectivity index is 2.01. The van der Waals surface area contributed by atoms with Crippen LogP contribution in [0, 0.1) is 0 Å². The average Bonchev–Trinajstić information content (AvgIpc) is 2.86. The fourth-order valence-corrected chi connectivity index (χ4v) is 3.98. The van der Waals surface area contributed by atoms with E-state index in [9.17, 15) is 8.42 Å². The summed E-state index contributed by atoms with van der Waals surface area (Å²) in [5.41, 5.74) is 1.61. The van der Waals surface area contributed by atoms with Gasteiger partial charge in [-0.05, 0) is 23.8 Å². The molecule has 0 fully saturated rings. The zero-order valence-electron chi connectivity index (χ0n) is 10.5. The molecule has 102 valence electrons. The lowest BCUT2D eigenvalue weighted by molar-refractivity contribution is 0.596. The zero-order valence-corrected chi connectivity index (χ0v) is 12.9. The van der Waals surface area contributed by atoms with Crippen LogP contribution in [0.25, 0.3) is 10.9 Å². The number of halogens is 1. The number of aromatic nitrogens is 1. The fourth-order valence-electron chi connectivity index (χ4n) is 2.18. The summed E-state index contributed by atoms with van der Waals surface area (Å²) in [5, 5.41) is 0.740. The summed E-state index contributed by atoms with van der Waals surface area (Å²) >= 11 is 3.34. The summed E-state index contributed by atoms with van der Waals surface area (Å²) < 4.78 is 26.0. The van der Waals surface area contributed by atoms with Crippen molar-refractivity contribution >= 4 is 36.7 Å². The zero-order chi connectivity index (χ0) is 14.2. The van der Waals surface area contributed by atoms with Crippen molar-refractivity contribution in [1.82, 2.24) is 4.98 Å². The summed E-state index contributed by atoms with van der Waals surface area (Å²) in [6.45, 7) is 0. The lowest BCUT2D eigenvalue weighted by Gasteiger charge is -2.04. The Hall–Kier alpha value is -1.59. The third-order valence-electron chi connectivity index (χ3n) is 3.16. The summed E-state index contributed by atoms with van der Waals surface area (Å²) in [7, 11) is -3.36. The Morgan fingerprint density at radius 3 is 2.45 bits per heavy atom. The molecule has 0 amide bonds. The molecule has 1 N–H and O–H groups in total. The standard InChI is InChI=1S/C15H12BrNO2S/c16-12-7-5-11(6-8-12)10-20(18,19)15-9-17-14-4-2-1-3-13(14)15/h1-9,17H,10H2. The van der Waals surface area contributed by atoms with E-state index < -0.39 is 9.84 Å². The molecule has 0 radical (unpaired) electrons. The largest absolute Gasteiger partial charge is 0.360 e. The number of sulfone groups is 1. The van der Waals surface area contributed by atoms with E-state index in [0.717, 1.165) is 20.9 Å². The highest BCUT2D eigenvalue weighted by Gasteiger charge is 2.19. The lowest BCUT2D eigenvalue weighted by atomic mass is 10.2. The van der Waals surface area contributed by atoms with E-state index in [-0.39, 0.29) is 5.75 Å². The van der Waals surface area contributed by atoms with Crippen molar-refractivity contribution in [2.24, 2.45) is 0 Å². The third kappa shape index (κ3) is 2.51. The Bertz CT molecular complexity index is 851. The van der Waals surface area contributed by atoms with Gasteiger partial charge >= 0.3 is 0 Å². The lowest BCUT2D eigenvalue weighted by Crippen LogP contribution is -2.04. The van der Waals surface area contributed by atoms with Crippen LogP contribution in [0.4, 0.5) is 0 Å². The Morgan fingerprint density at radius 1 is 1.00 bits per heavy atom. The van der Waals surface area contributed by atoms with Gasteiger partial charge < -0.3 is 4.98 Å². The molecule has 0 aliphatic heterocycles. The Kier molecular flexibility index (Phi) is 3.40. The maximum atomic E-state index is 12.5. The predicted molar refractivity (Wildman–Crippen MR) is 83.3 cm³/mol. The highest BCUT2D eigenvalue weighted by atomic mass is 79.9. The molecule has 0 aliphatic rings. The predicted octanol–water partition coefficient (Wildman–Crippen LogP) is 3.90. The minimum atomic E-state index is -3.36. The van der Waals surface area contributed by atoms with Crippen molar-refractivity contribution in [3.05, 3.63) is 64.8 Å². The summed E-state index contributed by atoms with van der Waals surface area (Å²) in [4.78, 5) is 3.36. The molecule has 3 aromatic rings. The van der Waals surface area contributed by atoms with Gasteiger partial charge in [0.1, 0.15) is 0 Å². The molecular weight excluding hydrogens is 338 g/mol. The van der Waals surface area contributed by atoms with Crippen molar-refractivity contribution in [3.8, 4) is 0 Å². The first kappa shape index (κ1) is 13.4. The maximum absolute atomic E-state index is 12.5. The van der Waals surface area contributed by atoms with E-state index in [1.165, 1.54) is 0 Å². The van der Waals surface area contributed by atoms with Crippen LogP contribution >= 0.6 is 15.9 Å². The van der Waals surface area contributed by atoms with Crippen LogP contribution < -0.4 is 0 Å². The normalized spacial score (nSPS) is 11.8. The molecule has 1 aromatic heterocycles. The van der Waals surface area contributed by atoms with Crippen molar-refractivity contribution < 1.29 is 8.42 Å². The first-order valence-electron chi connectivity index (χ1n) is 6.09. The van der Waals surface area contributed by atoms with E-state index in [1.807, 2.05) is 48.5 Å². The molecule has 2 aromatic carbocycles. The van der Waals surface area contributed by atoms with Crippen LogP contribution in [0.1, 0.15) is 5.56 Å². The second-order valence-electron chi connectivity index (χ2n) is 4.58. The van der Waals surface area contributed by atoms with Crippen LogP contribution in [0.2, 0.25) is 0 Å². The number of hydrogen-bond donors (Lipinski definition) is 1. The monoisotopic (exact) mass is 349 g/mol. The van der Waals surface area contributed by atoms with Gasteiger partial charge in [-0.2, -0.15) is 0 Å². The van der Waals surface area contributed by atoms with E-state index in [2.05, 4.69) is 20.9 Å². The topological polar surface area (TPSA) is 49.9 Å². The minimum Gasteiger partial charge on any atom is -0.360 e. The fraction of sp³-hybridized carbons (Fsp3) is 0.0667. The number of H-pyrrole nitrogens is 1. The molecule has 5 heteroatoms. The van der Waals surface area contributed by atoms with Crippen molar-refractivity contribution in [2.75, 3.05) is 0 Å². The molecule has 0 aliphatic carbocycles. The molecule has 0 unspecified atom stereocenters. The highest BCUT2D eigenvalue weighted by Crippen LogP contribution is 2.25. The van der Waals surface area contributed by atoms with Crippen LogP contribution in [0.5, 0.6) is 0 Å². The molecule has 1 heterocycles. The third-order valence-corrected chi connectivity index (χ3v) is 5.41. The number of fused-ring (bicyclic) bond motifs is 1. The number of rotatable bonds is 3. The van der Waals surface area contributed by atoms with Gasteiger partial charge in [0.05, 0.1) is 10.6 Å². The van der Waals surface area contributed by atoms with Gasteiger partial charge in [0.15, 0.2) is 9.84 Å². The molecule has 0 bridgehead atoms. The molecule has 3 nitrogen and oxygen atoms in total. The number of nitrogens with one attached hydrogen (secondary N) is 1. The summed E-state index contributed by atoms with van der Waals surface area (Å²) in [6.07, 6.45) is 1.57. The minimum absolute atomic E-state index is 0.00211. The van der Waals surface area contributed by atoms with E-state index >= 15 is 0 Å². The van der Waals surface area contributed by atoms with Gasteiger partial charge in [-0.3, -0.25) is 0 Å². The van der Waals surface area contributed by atoms with Crippen LogP contribution in [-0.4, -0.2) is 13.4 Å². The van der Waals surface area contributed by atoms with Crippen LogP contribution in [0.15, 0.2) is 64.1 Å². The maximum Gasteiger partial charge on any atom is 0.184 e. The number of benzene rings is 2.